The van der Waals surface area contributed by atoms with Gasteiger partial charge in [0.15, 0.2) is 0 Å². The van der Waals surface area contributed by atoms with Gasteiger partial charge in [-0.3, -0.25) is 19.5 Å². The van der Waals surface area contributed by atoms with Crippen molar-refractivity contribution in [1.82, 2.24) is 20.3 Å². The zero-order valence-corrected chi connectivity index (χ0v) is 20.6. The lowest BCUT2D eigenvalue weighted by atomic mass is 9.91. The summed E-state index contributed by atoms with van der Waals surface area (Å²) in [5, 5.41) is 2.54. The Hall–Kier alpha value is -3.69. The van der Waals surface area contributed by atoms with Crippen LogP contribution in [-0.2, 0) is 4.79 Å². The number of imidazole rings is 1. The Balaban J connectivity index is 1.80. The number of halogens is 8. The third kappa shape index (κ3) is 6.66. The van der Waals surface area contributed by atoms with E-state index in [9.17, 15) is 42.2 Å². The fraction of sp³-hybridized carbons (Fsp3) is 0.304. The van der Waals surface area contributed by atoms with Crippen molar-refractivity contribution in [2.75, 3.05) is 4.90 Å². The SMILES string of the molecule is O=C(NC1CCC(F)(F)CC1)C(c1cncc(F)c1)N(C(=O)c1cnc[nH]1)c1ccc(S(F)(F)(F)(F)F)cc1. The molecule has 39 heavy (non-hydrogen) atoms. The third-order valence-corrected chi connectivity index (χ3v) is 7.28. The minimum atomic E-state index is -10.1. The van der Waals surface area contributed by atoms with Crippen LogP contribution in [0.15, 0.2) is 60.1 Å². The number of aromatic nitrogens is 3. The predicted molar refractivity (Wildman–Crippen MR) is 126 cm³/mol. The van der Waals surface area contributed by atoms with Crippen LogP contribution in [0.1, 0.15) is 47.8 Å². The van der Waals surface area contributed by atoms with Gasteiger partial charge in [-0.15, -0.1) is 0 Å². The normalized spacial score (nSPS) is 18.5. The number of alkyl halides is 2. The van der Waals surface area contributed by atoms with Gasteiger partial charge in [0.25, 0.3) is 5.91 Å². The standard InChI is InChI=1S/C23H21F8N5O2S/c24-15-9-14(10-32-11-15)20(21(37)35-16-5-7-23(25,26)8-6-16)36(22(38)19-12-33-13-34-19)17-1-3-18(4-2-17)39(27,28,29,30)31/h1-4,9-13,16,20H,5-8H2,(H,33,34)(H,35,37). The van der Waals surface area contributed by atoms with E-state index in [4.69, 9.17) is 0 Å². The van der Waals surface area contributed by atoms with Gasteiger partial charge in [-0.1, -0.05) is 19.4 Å². The second kappa shape index (κ2) is 9.20. The Morgan fingerprint density at radius 1 is 1.00 bits per heavy atom. The number of hydrogen-bond acceptors (Lipinski definition) is 4. The number of anilines is 1. The number of aromatic amines is 1. The number of carbonyl (C=O) groups is 2. The average molecular weight is 584 g/mol. The van der Waals surface area contributed by atoms with Gasteiger partial charge >= 0.3 is 10.2 Å². The van der Waals surface area contributed by atoms with E-state index in [1.165, 1.54) is 0 Å². The lowest BCUT2D eigenvalue weighted by Gasteiger charge is -2.40. The first-order valence-electron chi connectivity index (χ1n) is 11.4. The lowest BCUT2D eigenvalue weighted by molar-refractivity contribution is -0.124. The molecule has 1 fully saturated rings. The first-order chi connectivity index (χ1) is 17.9. The van der Waals surface area contributed by atoms with Crippen LogP contribution in [0, 0.1) is 5.82 Å². The summed E-state index contributed by atoms with van der Waals surface area (Å²) in [4.78, 5) is 35.3. The van der Waals surface area contributed by atoms with E-state index in [0.717, 1.165) is 31.0 Å². The molecule has 0 aliphatic heterocycles. The molecule has 212 valence electrons. The van der Waals surface area contributed by atoms with Crippen LogP contribution in [0.4, 0.5) is 38.3 Å². The van der Waals surface area contributed by atoms with Gasteiger partial charge in [0.05, 0.1) is 18.7 Å². The van der Waals surface area contributed by atoms with E-state index in [2.05, 4.69) is 20.3 Å². The van der Waals surface area contributed by atoms with E-state index in [1.54, 1.807) is 0 Å². The highest BCUT2D eigenvalue weighted by Gasteiger charge is 2.65. The lowest BCUT2D eigenvalue weighted by Crippen LogP contribution is -2.48. The van der Waals surface area contributed by atoms with Gasteiger partial charge < -0.3 is 10.3 Å². The summed E-state index contributed by atoms with van der Waals surface area (Å²) in [7, 11) is -10.1. The number of H-pyrrole nitrogens is 1. The number of carbonyl (C=O) groups excluding carboxylic acids is 2. The predicted octanol–water partition coefficient (Wildman–Crippen LogP) is 6.68. The number of pyridine rings is 1. The van der Waals surface area contributed by atoms with Crippen LogP contribution in [0.25, 0.3) is 0 Å². The van der Waals surface area contributed by atoms with Crippen LogP contribution >= 0.6 is 10.2 Å². The molecule has 0 radical (unpaired) electrons. The maximum Gasteiger partial charge on any atom is 0.310 e. The number of benzene rings is 1. The van der Waals surface area contributed by atoms with E-state index in [1.807, 2.05) is 0 Å². The quantitative estimate of drug-likeness (QED) is 0.304. The summed E-state index contributed by atoms with van der Waals surface area (Å²) < 4.78 is 108. The summed E-state index contributed by atoms with van der Waals surface area (Å²) in [6.45, 7) is 0. The Kier molecular flexibility index (Phi) is 6.68. The fourth-order valence-electron chi connectivity index (χ4n) is 4.21. The van der Waals surface area contributed by atoms with E-state index in [0.29, 0.717) is 17.0 Å². The van der Waals surface area contributed by atoms with Crippen LogP contribution in [0.2, 0.25) is 0 Å². The summed E-state index contributed by atoms with van der Waals surface area (Å²) >= 11 is 0. The smallest absolute Gasteiger partial charge is 0.310 e. The minimum absolute atomic E-state index is 0.0616. The van der Waals surface area contributed by atoms with Crippen LogP contribution < -0.4 is 10.2 Å². The van der Waals surface area contributed by atoms with Gasteiger partial charge in [0, 0.05) is 36.3 Å². The summed E-state index contributed by atoms with van der Waals surface area (Å²) in [5.74, 6) is -5.86. The van der Waals surface area contributed by atoms with Crippen molar-refractivity contribution in [3.63, 3.8) is 0 Å². The number of rotatable bonds is 7. The van der Waals surface area contributed by atoms with E-state index >= 15 is 0 Å². The molecule has 2 N–H and O–H groups in total. The zero-order valence-electron chi connectivity index (χ0n) is 19.8. The summed E-state index contributed by atoms with van der Waals surface area (Å²) in [6.07, 6.45) is 2.71. The van der Waals surface area contributed by atoms with Crippen molar-refractivity contribution in [1.29, 1.82) is 0 Å². The molecule has 1 saturated carbocycles. The van der Waals surface area contributed by atoms with Crippen molar-refractivity contribution in [2.24, 2.45) is 0 Å². The Morgan fingerprint density at radius 2 is 1.64 bits per heavy atom. The topological polar surface area (TPSA) is 91.0 Å². The highest BCUT2D eigenvalue weighted by Crippen LogP contribution is 3.02. The molecule has 1 aromatic carbocycles. The number of hydrogen-bond donors (Lipinski definition) is 2. The highest BCUT2D eigenvalue weighted by molar-refractivity contribution is 8.45. The molecule has 1 atom stereocenters. The molecule has 1 aliphatic carbocycles. The van der Waals surface area contributed by atoms with E-state index < -0.39 is 69.3 Å². The maximum atomic E-state index is 14.1. The summed E-state index contributed by atoms with van der Waals surface area (Å²) in [5.41, 5.74) is -0.899. The maximum absolute atomic E-state index is 14.1. The Bertz CT molecular complexity index is 1360. The number of nitrogens with zero attached hydrogens (tertiary/aromatic N) is 3. The van der Waals surface area contributed by atoms with Gasteiger partial charge in [-0.05, 0) is 43.2 Å². The van der Waals surface area contributed by atoms with Crippen molar-refractivity contribution < 1.29 is 42.2 Å². The fourth-order valence-corrected chi connectivity index (χ4v) is 4.86. The van der Waals surface area contributed by atoms with Crippen molar-refractivity contribution >= 4 is 27.7 Å². The highest BCUT2D eigenvalue weighted by atomic mass is 32.5. The second-order valence-corrected chi connectivity index (χ2v) is 11.5. The summed E-state index contributed by atoms with van der Waals surface area (Å²) in [6, 6.07) is -0.440. The van der Waals surface area contributed by atoms with Crippen LogP contribution in [-0.4, -0.2) is 38.7 Å². The van der Waals surface area contributed by atoms with Gasteiger partial charge in [0.2, 0.25) is 11.8 Å². The first kappa shape index (κ1) is 28.3. The molecule has 2 amide bonds. The largest absolute Gasteiger partial charge is 0.351 e. The number of nitrogens with one attached hydrogen (secondary N) is 2. The molecule has 2 aromatic heterocycles. The molecular formula is C23H21F8N5O2S. The molecule has 0 bridgehead atoms. The van der Waals surface area contributed by atoms with Crippen molar-refractivity contribution in [3.05, 3.63) is 72.3 Å². The zero-order chi connectivity index (χ0) is 28.7. The van der Waals surface area contributed by atoms with Gasteiger partial charge in [-0.25, -0.2) is 18.2 Å². The van der Waals surface area contributed by atoms with Gasteiger partial charge in [-0.2, -0.15) is 0 Å². The van der Waals surface area contributed by atoms with Crippen molar-refractivity contribution in [3.8, 4) is 0 Å². The molecular weight excluding hydrogens is 562 g/mol. The van der Waals surface area contributed by atoms with E-state index in [-0.39, 0.29) is 36.2 Å². The Morgan fingerprint density at radius 3 is 2.18 bits per heavy atom. The molecule has 7 nitrogen and oxygen atoms in total. The van der Waals surface area contributed by atoms with Crippen LogP contribution in [0.5, 0.6) is 0 Å². The van der Waals surface area contributed by atoms with Gasteiger partial charge in [0.1, 0.15) is 22.4 Å². The molecule has 4 rings (SSSR count). The molecule has 1 unspecified atom stereocenters. The monoisotopic (exact) mass is 583 g/mol. The van der Waals surface area contributed by atoms with Crippen molar-refractivity contribution in [2.45, 2.75) is 48.6 Å². The minimum Gasteiger partial charge on any atom is -0.351 e. The van der Waals surface area contributed by atoms with Crippen LogP contribution in [0.3, 0.4) is 0 Å². The average Bonchev–Trinajstić information content (AvgIpc) is 3.37. The Labute approximate surface area is 216 Å². The molecule has 0 spiro atoms. The molecule has 16 heteroatoms. The molecule has 3 aromatic rings. The second-order valence-electron chi connectivity index (χ2n) is 9.08. The molecule has 2 heterocycles. The molecule has 1 aliphatic rings. The third-order valence-electron chi connectivity index (χ3n) is 6.12. The number of amides is 2. The molecule has 0 saturated heterocycles. The first-order valence-corrected chi connectivity index (χ1v) is 13.3.